The average Bonchev–Trinajstić information content (AvgIpc) is 2.43. The minimum Gasteiger partial charge on any atom is -0.370 e. The molecule has 0 rings (SSSR count). The zero-order valence-electron chi connectivity index (χ0n) is 14.2. The summed E-state index contributed by atoms with van der Waals surface area (Å²) < 4.78 is 0. The van der Waals surface area contributed by atoms with Crippen LogP contribution in [-0.2, 0) is 10.3 Å². The van der Waals surface area contributed by atoms with Crippen LogP contribution in [0.5, 0.6) is 0 Å². The summed E-state index contributed by atoms with van der Waals surface area (Å²) >= 11 is 0. The molecule has 3 heteroatoms. The van der Waals surface area contributed by atoms with Gasteiger partial charge in [0.1, 0.15) is 0 Å². The van der Waals surface area contributed by atoms with Crippen molar-refractivity contribution in [3.8, 4) is 0 Å². The van der Waals surface area contributed by atoms with Gasteiger partial charge in [-0.2, -0.15) is 0 Å². The Balaban J connectivity index is 0. The van der Waals surface area contributed by atoms with Crippen LogP contribution in [0.3, 0.4) is 0 Å². The number of hydrogen-bond donors (Lipinski definition) is 1. The monoisotopic (exact) mass is 299 g/mol. The second kappa shape index (κ2) is 19.4. The first-order valence-electron chi connectivity index (χ1n) is 9.05. The molecule has 0 aromatic heterocycles. The summed E-state index contributed by atoms with van der Waals surface area (Å²) in [7, 11) is 0. The number of carbonyl (C=O) groups is 1. The molecule has 0 aliphatic rings. The molecule has 21 heavy (non-hydrogen) atoms. The Bertz CT molecular complexity index is 207. The van der Waals surface area contributed by atoms with Gasteiger partial charge in [0.05, 0.1) is 0 Å². The number of nitrogens with two attached hydrogens (primary N) is 1. The van der Waals surface area contributed by atoms with Gasteiger partial charge in [0.25, 0.3) is 0 Å². The zero-order valence-corrected chi connectivity index (χ0v) is 14.2. The van der Waals surface area contributed by atoms with E-state index in [-0.39, 0.29) is 11.4 Å². The summed E-state index contributed by atoms with van der Waals surface area (Å²) in [6.45, 7) is 2.28. The molecule has 0 aliphatic carbocycles. The van der Waals surface area contributed by atoms with Gasteiger partial charge in [-0.05, 0) is 6.42 Å². The Morgan fingerprint density at radius 3 is 1.19 bits per heavy atom. The fraction of sp³-hybridized carbons (Fsp3) is 0.944. The smallest absolute Gasteiger partial charge is 0.217 e. The second-order valence-electron chi connectivity index (χ2n) is 6.17. The number of amides is 1. The highest BCUT2D eigenvalue weighted by Crippen LogP contribution is 2.13. The molecule has 0 spiro atoms. The summed E-state index contributed by atoms with van der Waals surface area (Å²) in [5.41, 5.74) is 5.11. The van der Waals surface area contributed by atoms with Gasteiger partial charge >= 0.3 is 0 Å². The standard InChI is InChI=1S/C18H37NO.O/c1-2-3-4-5-6-7-8-9-10-11-12-13-14-15-16-17-18(19)20;/h2-17H2,1H3,(H2,19,20);. The van der Waals surface area contributed by atoms with Crippen LogP contribution in [0.25, 0.3) is 0 Å². The van der Waals surface area contributed by atoms with Crippen LogP contribution in [0.2, 0.25) is 0 Å². The van der Waals surface area contributed by atoms with E-state index in [0.717, 1.165) is 6.42 Å². The molecule has 0 saturated carbocycles. The summed E-state index contributed by atoms with van der Waals surface area (Å²) in [5, 5.41) is 0. The lowest BCUT2D eigenvalue weighted by atomic mass is 10.0. The molecule has 1 amide bonds. The minimum atomic E-state index is -0.153. The maximum Gasteiger partial charge on any atom is 0.217 e. The zero-order chi connectivity index (χ0) is 14.9. The van der Waals surface area contributed by atoms with Crippen LogP contribution in [0.1, 0.15) is 110 Å². The first-order valence-corrected chi connectivity index (χ1v) is 9.05. The summed E-state index contributed by atoms with van der Waals surface area (Å²) in [6.07, 6.45) is 20.9. The van der Waals surface area contributed by atoms with Crippen molar-refractivity contribution in [3.05, 3.63) is 0 Å². The van der Waals surface area contributed by atoms with Crippen LogP contribution >= 0.6 is 0 Å². The van der Waals surface area contributed by atoms with E-state index >= 15 is 0 Å². The van der Waals surface area contributed by atoms with Gasteiger partial charge in [0.15, 0.2) is 0 Å². The lowest BCUT2D eigenvalue weighted by Gasteiger charge is -2.03. The van der Waals surface area contributed by atoms with Crippen molar-refractivity contribution in [2.75, 3.05) is 0 Å². The van der Waals surface area contributed by atoms with E-state index in [2.05, 4.69) is 6.92 Å². The third-order valence-corrected chi connectivity index (χ3v) is 4.03. The fourth-order valence-corrected chi connectivity index (χ4v) is 2.67. The number of rotatable bonds is 16. The molecule has 0 aromatic carbocycles. The van der Waals surface area contributed by atoms with E-state index in [1.54, 1.807) is 0 Å². The van der Waals surface area contributed by atoms with E-state index in [9.17, 15) is 4.79 Å². The van der Waals surface area contributed by atoms with Crippen molar-refractivity contribution in [1.29, 1.82) is 0 Å². The minimum absolute atomic E-state index is 0. The normalized spacial score (nSPS) is 10.3. The molecular weight excluding hydrogens is 262 g/mol. The van der Waals surface area contributed by atoms with Crippen LogP contribution in [0.4, 0.5) is 0 Å². The predicted molar refractivity (Wildman–Crippen MR) is 89.4 cm³/mol. The van der Waals surface area contributed by atoms with E-state index in [0.29, 0.717) is 6.42 Å². The molecule has 126 valence electrons. The largest absolute Gasteiger partial charge is 0.370 e. The number of primary amides is 1. The highest BCUT2D eigenvalue weighted by Gasteiger charge is 1.96. The van der Waals surface area contributed by atoms with Gasteiger partial charge in [-0.15, -0.1) is 0 Å². The van der Waals surface area contributed by atoms with Crippen LogP contribution < -0.4 is 5.73 Å². The highest BCUT2D eigenvalue weighted by molar-refractivity contribution is 5.73. The van der Waals surface area contributed by atoms with Gasteiger partial charge < -0.3 is 5.73 Å². The van der Waals surface area contributed by atoms with Crippen molar-refractivity contribution in [1.82, 2.24) is 0 Å². The first-order chi connectivity index (χ1) is 9.77. The Morgan fingerprint density at radius 2 is 0.905 bits per heavy atom. The Morgan fingerprint density at radius 1 is 0.619 bits per heavy atom. The molecule has 0 bridgehead atoms. The van der Waals surface area contributed by atoms with Crippen molar-refractivity contribution < 1.29 is 10.3 Å². The molecule has 0 unspecified atom stereocenters. The molecule has 2 N–H and O–H groups in total. The van der Waals surface area contributed by atoms with E-state index in [1.807, 2.05) is 0 Å². The molecular formula is C18H37NO2. The molecule has 3 nitrogen and oxygen atoms in total. The average molecular weight is 299 g/mol. The van der Waals surface area contributed by atoms with E-state index in [1.165, 1.54) is 89.9 Å². The molecule has 0 saturated heterocycles. The quantitative estimate of drug-likeness (QED) is 0.369. The Labute approximate surface area is 132 Å². The second-order valence-corrected chi connectivity index (χ2v) is 6.17. The summed E-state index contributed by atoms with van der Waals surface area (Å²) in [6, 6.07) is 0. The lowest BCUT2D eigenvalue weighted by molar-refractivity contribution is -0.118. The van der Waals surface area contributed by atoms with Gasteiger partial charge in [-0.25, -0.2) is 0 Å². The summed E-state index contributed by atoms with van der Waals surface area (Å²) in [4.78, 5) is 10.6. The van der Waals surface area contributed by atoms with Crippen molar-refractivity contribution >= 4 is 5.91 Å². The van der Waals surface area contributed by atoms with Gasteiger partial charge in [-0.1, -0.05) is 96.8 Å². The molecule has 0 atom stereocenters. The number of unbranched alkanes of at least 4 members (excludes halogenated alkanes) is 14. The van der Waals surface area contributed by atoms with Gasteiger partial charge in [-0.3, -0.25) is 4.79 Å². The van der Waals surface area contributed by atoms with Gasteiger partial charge in [0, 0.05) is 11.9 Å². The molecule has 0 aromatic rings. The maximum atomic E-state index is 10.6. The molecule has 0 fully saturated rings. The third kappa shape index (κ3) is 21.9. The van der Waals surface area contributed by atoms with Crippen molar-refractivity contribution in [3.63, 3.8) is 0 Å². The topological polar surface area (TPSA) is 71.6 Å². The van der Waals surface area contributed by atoms with Crippen molar-refractivity contribution in [2.45, 2.75) is 110 Å². The summed E-state index contributed by atoms with van der Waals surface area (Å²) in [5.74, 6) is -0.153. The predicted octanol–water partition coefficient (Wildman–Crippen LogP) is 5.61. The maximum absolute atomic E-state index is 10.6. The molecule has 0 heterocycles. The van der Waals surface area contributed by atoms with Gasteiger partial charge in [0.2, 0.25) is 5.91 Å². The van der Waals surface area contributed by atoms with E-state index in [4.69, 9.17) is 5.73 Å². The van der Waals surface area contributed by atoms with Crippen LogP contribution in [0, 0.1) is 0 Å². The van der Waals surface area contributed by atoms with E-state index < -0.39 is 0 Å². The SMILES string of the molecule is CCCCCCCCCCCCCCCCCC(N)=O.[O]. The Hall–Kier alpha value is -0.570. The van der Waals surface area contributed by atoms with Crippen molar-refractivity contribution in [2.24, 2.45) is 5.73 Å². The molecule has 0 aliphatic heterocycles. The highest BCUT2D eigenvalue weighted by atomic mass is 16.1. The van der Waals surface area contributed by atoms with Crippen LogP contribution in [0.15, 0.2) is 0 Å². The molecule has 2 radical (unpaired) electrons. The third-order valence-electron chi connectivity index (χ3n) is 4.03. The number of hydrogen-bond acceptors (Lipinski definition) is 1. The Kier molecular flexibility index (Phi) is 21.0. The van der Waals surface area contributed by atoms with Crippen LogP contribution in [-0.4, -0.2) is 5.91 Å². The fourth-order valence-electron chi connectivity index (χ4n) is 2.67. The number of carbonyl (C=O) groups excluding carboxylic acids is 1. The first kappa shape index (κ1) is 22.7. The lowest BCUT2D eigenvalue weighted by Crippen LogP contribution is -2.09.